The van der Waals surface area contributed by atoms with E-state index in [1.165, 1.54) is 12.8 Å². The first-order valence-electron chi connectivity index (χ1n) is 6.94. The van der Waals surface area contributed by atoms with Crippen molar-refractivity contribution in [2.24, 2.45) is 5.92 Å². The van der Waals surface area contributed by atoms with Crippen LogP contribution in [0.1, 0.15) is 52.9 Å². The second-order valence-electron chi connectivity index (χ2n) is 5.15. The van der Waals surface area contributed by atoms with Crippen molar-refractivity contribution in [1.82, 2.24) is 0 Å². The van der Waals surface area contributed by atoms with Gasteiger partial charge in [-0.2, -0.15) is 0 Å². The number of carbonyl (C=O) groups is 1. The minimum Gasteiger partial charge on any atom is -0.462 e. The summed E-state index contributed by atoms with van der Waals surface area (Å²) < 4.78 is 10.5. The third-order valence-electron chi connectivity index (χ3n) is 2.47. The molecule has 0 N–H and O–H groups in total. The number of esters is 1. The van der Waals surface area contributed by atoms with Gasteiger partial charge in [-0.1, -0.05) is 39.7 Å². The molecule has 0 aliphatic heterocycles. The standard InChI is InChI=1S/C15H28O3/c1-13(2)12-17-10-8-6-5-7-9-11-18-15(16)14(3)4/h13H,3,5-12H2,1-2,4H3. The Kier molecular flexibility index (Phi) is 10.8. The summed E-state index contributed by atoms with van der Waals surface area (Å²) in [5, 5.41) is 0. The van der Waals surface area contributed by atoms with Crippen molar-refractivity contribution < 1.29 is 14.3 Å². The number of rotatable bonds is 11. The monoisotopic (exact) mass is 256 g/mol. The molecule has 0 bridgehead atoms. The van der Waals surface area contributed by atoms with E-state index in [2.05, 4.69) is 20.4 Å². The largest absolute Gasteiger partial charge is 0.462 e. The number of hydrogen-bond acceptors (Lipinski definition) is 3. The van der Waals surface area contributed by atoms with Gasteiger partial charge in [-0.25, -0.2) is 4.79 Å². The quantitative estimate of drug-likeness (QED) is 0.321. The van der Waals surface area contributed by atoms with E-state index in [1.807, 2.05) is 0 Å². The predicted octanol–water partition coefficient (Wildman–Crippen LogP) is 3.73. The van der Waals surface area contributed by atoms with Gasteiger partial charge in [0.1, 0.15) is 0 Å². The maximum Gasteiger partial charge on any atom is 0.333 e. The fraction of sp³-hybridized carbons (Fsp3) is 0.800. The Bertz CT molecular complexity index is 234. The molecule has 0 aromatic rings. The summed E-state index contributed by atoms with van der Waals surface area (Å²) >= 11 is 0. The van der Waals surface area contributed by atoms with E-state index >= 15 is 0 Å². The Morgan fingerprint density at radius 3 is 2.17 bits per heavy atom. The van der Waals surface area contributed by atoms with E-state index in [0.29, 0.717) is 18.1 Å². The molecule has 3 heteroatoms. The van der Waals surface area contributed by atoms with Gasteiger partial charge in [-0.15, -0.1) is 0 Å². The van der Waals surface area contributed by atoms with Gasteiger partial charge in [0, 0.05) is 18.8 Å². The lowest BCUT2D eigenvalue weighted by atomic mass is 10.1. The molecule has 3 nitrogen and oxygen atoms in total. The van der Waals surface area contributed by atoms with Crippen LogP contribution in [0.15, 0.2) is 12.2 Å². The smallest absolute Gasteiger partial charge is 0.333 e. The summed E-state index contributed by atoms with van der Waals surface area (Å²) in [4.78, 5) is 11.1. The fourth-order valence-corrected chi connectivity index (χ4v) is 1.44. The fourth-order valence-electron chi connectivity index (χ4n) is 1.44. The van der Waals surface area contributed by atoms with Crippen LogP contribution in [0.25, 0.3) is 0 Å². The first kappa shape index (κ1) is 17.2. The van der Waals surface area contributed by atoms with Crippen LogP contribution in [0.2, 0.25) is 0 Å². The predicted molar refractivity (Wildman–Crippen MR) is 74.5 cm³/mol. The number of carbonyl (C=O) groups excluding carboxylic acids is 1. The van der Waals surface area contributed by atoms with Crippen LogP contribution in [0, 0.1) is 5.92 Å². The molecule has 0 fully saturated rings. The van der Waals surface area contributed by atoms with Crippen molar-refractivity contribution in [1.29, 1.82) is 0 Å². The molecule has 0 heterocycles. The third-order valence-corrected chi connectivity index (χ3v) is 2.47. The van der Waals surface area contributed by atoms with Gasteiger partial charge in [0.15, 0.2) is 0 Å². The molecule has 0 atom stereocenters. The Balaban J connectivity index is 3.12. The van der Waals surface area contributed by atoms with Crippen molar-refractivity contribution in [3.63, 3.8) is 0 Å². The molecule has 0 rings (SSSR count). The zero-order valence-corrected chi connectivity index (χ0v) is 12.2. The van der Waals surface area contributed by atoms with E-state index in [0.717, 1.165) is 32.5 Å². The second-order valence-corrected chi connectivity index (χ2v) is 5.15. The van der Waals surface area contributed by atoms with Gasteiger partial charge in [0.25, 0.3) is 0 Å². The van der Waals surface area contributed by atoms with E-state index in [-0.39, 0.29) is 5.97 Å². The Morgan fingerprint density at radius 1 is 1.06 bits per heavy atom. The van der Waals surface area contributed by atoms with Crippen LogP contribution >= 0.6 is 0 Å². The number of unbranched alkanes of at least 4 members (excludes halogenated alkanes) is 4. The highest BCUT2D eigenvalue weighted by molar-refractivity contribution is 5.86. The SMILES string of the molecule is C=C(C)C(=O)OCCCCCCCOCC(C)C. The number of hydrogen-bond donors (Lipinski definition) is 0. The topological polar surface area (TPSA) is 35.5 Å². The van der Waals surface area contributed by atoms with Crippen molar-refractivity contribution in [2.45, 2.75) is 52.9 Å². The van der Waals surface area contributed by atoms with Gasteiger partial charge >= 0.3 is 5.97 Å². The molecule has 0 saturated carbocycles. The average molecular weight is 256 g/mol. The van der Waals surface area contributed by atoms with E-state index in [1.54, 1.807) is 6.92 Å². The molecule has 0 amide bonds. The lowest BCUT2D eigenvalue weighted by Gasteiger charge is -2.06. The Hall–Kier alpha value is -0.830. The van der Waals surface area contributed by atoms with Gasteiger partial charge in [0.2, 0.25) is 0 Å². The van der Waals surface area contributed by atoms with Gasteiger partial charge in [-0.3, -0.25) is 0 Å². The van der Waals surface area contributed by atoms with Crippen LogP contribution < -0.4 is 0 Å². The summed E-state index contributed by atoms with van der Waals surface area (Å²) in [5.74, 6) is 0.338. The van der Waals surface area contributed by atoms with Crippen LogP contribution in [-0.2, 0) is 14.3 Å². The van der Waals surface area contributed by atoms with Gasteiger partial charge in [-0.05, 0) is 25.7 Å². The molecular formula is C15H28O3. The normalized spacial score (nSPS) is 10.7. The zero-order valence-electron chi connectivity index (χ0n) is 12.2. The van der Waals surface area contributed by atoms with Crippen LogP contribution in [-0.4, -0.2) is 25.8 Å². The van der Waals surface area contributed by atoms with Crippen molar-refractivity contribution >= 4 is 5.97 Å². The van der Waals surface area contributed by atoms with Crippen molar-refractivity contribution in [3.8, 4) is 0 Å². The van der Waals surface area contributed by atoms with Crippen LogP contribution in [0.4, 0.5) is 0 Å². The molecular weight excluding hydrogens is 228 g/mol. The first-order valence-corrected chi connectivity index (χ1v) is 6.94. The molecule has 0 saturated heterocycles. The van der Waals surface area contributed by atoms with Gasteiger partial charge in [0.05, 0.1) is 6.61 Å². The molecule has 18 heavy (non-hydrogen) atoms. The van der Waals surface area contributed by atoms with Crippen LogP contribution in [0.3, 0.4) is 0 Å². The van der Waals surface area contributed by atoms with Crippen molar-refractivity contribution in [2.75, 3.05) is 19.8 Å². The lowest BCUT2D eigenvalue weighted by Crippen LogP contribution is -2.06. The minimum absolute atomic E-state index is 0.280. The lowest BCUT2D eigenvalue weighted by molar-refractivity contribution is -0.139. The highest BCUT2D eigenvalue weighted by Crippen LogP contribution is 2.05. The average Bonchev–Trinajstić information content (AvgIpc) is 2.30. The first-order chi connectivity index (χ1) is 8.54. The summed E-state index contributed by atoms with van der Waals surface area (Å²) in [5.41, 5.74) is 0.470. The van der Waals surface area contributed by atoms with E-state index in [4.69, 9.17) is 9.47 Å². The van der Waals surface area contributed by atoms with E-state index < -0.39 is 0 Å². The summed E-state index contributed by atoms with van der Waals surface area (Å²) in [7, 11) is 0. The number of ether oxygens (including phenoxy) is 2. The molecule has 0 radical (unpaired) electrons. The molecule has 0 aliphatic rings. The highest BCUT2D eigenvalue weighted by atomic mass is 16.5. The third kappa shape index (κ3) is 11.6. The zero-order chi connectivity index (χ0) is 13.8. The molecule has 106 valence electrons. The molecule has 0 aromatic heterocycles. The summed E-state index contributed by atoms with van der Waals surface area (Å²) in [6.45, 7) is 11.8. The minimum atomic E-state index is -0.280. The second kappa shape index (κ2) is 11.3. The maximum absolute atomic E-state index is 11.1. The maximum atomic E-state index is 11.1. The molecule has 0 aromatic carbocycles. The summed E-state index contributed by atoms with van der Waals surface area (Å²) in [6, 6.07) is 0. The van der Waals surface area contributed by atoms with Crippen molar-refractivity contribution in [3.05, 3.63) is 12.2 Å². The highest BCUT2D eigenvalue weighted by Gasteiger charge is 2.01. The Labute approximate surface area is 112 Å². The van der Waals surface area contributed by atoms with Gasteiger partial charge < -0.3 is 9.47 Å². The Morgan fingerprint density at radius 2 is 1.61 bits per heavy atom. The van der Waals surface area contributed by atoms with Crippen LogP contribution in [0.5, 0.6) is 0 Å². The molecule has 0 aliphatic carbocycles. The molecule has 0 unspecified atom stereocenters. The van der Waals surface area contributed by atoms with E-state index in [9.17, 15) is 4.79 Å². The molecule has 0 spiro atoms. The summed E-state index contributed by atoms with van der Waals surface area (Å²) in [6.07, 6.45) is 5.53.